The molecule has 2 bridgehead atoms. The monoisotopic (exact) mass is 489 g/mol. The standard InChI is InChI=1S/C33H33N2O2/c1-2-25-23-35(22-24-11-5-3-6-12-24)20-18-27(25)21-31(35)32(37-33(36)26-13-7-4-8-14-26)29-17-19-34-30-16-10-9-15-28(29)30/h2-17,19,25,27,31-32H,1,18,20-23H2/q+1/t25-,27-,31+,32-,35?/m0/s1. The molecule has 3 aliphatic heterocycles. The van der Waals surface area contributed by atoms with Crippen molar-refractivity contribution in [3.63, 3.8) is 0 Å². The van der Waals surface area contributed by atoms with Gasteiger partial charge in [0.15, 0.2) is 6.10 Å². The van der Waals surface area contributed by atoms with Gasteiger partial charge in [-0.05, 0) is 30.2 Å². The molecule has 3 fully saturated rings. The maximum absolute atomic E-state index is 13.5. The molecule has 186 valence electrons. The third-order valence-electron chi connectivity index (χ3n) is 8.60. The van der Waals surface area contributed by atoms with Crippen molar-refractivity contribution in [2.75, 3.05) is 13.1 Å². The first-order valence-electron chi connectivity index (χ1n) is 13.3. The first-order valence-corrected chi connectivity index (χ1v) is 13.3. The highest BCUT2D eigenvalue weighted by Crippen LogP contribution is 2.49. The summed E-state index contributed by atoms with van der Waals surface area (Å²) in [5.41, 5.74) is 3.88. The lowest BCUT2D eigenvalue weighted by Gasteiger charge is -2.58. The van der Waals surface area contributed by atoms with Crippen LogP contribution in [-0.4, -0.2) is 34.6 Å². The van der Waals surface area contributed by atoms with E-state index >= 15 is 0 Å². The predicted molar refractivity (Wildman–Crippen MR) is 147 cm³/mol. The molecule has 0 aliphatic carbocycles. The molecule has 1 aromatic heterocycles. The molecule has 37 heavy (non-hydrogen) atoms. The highest BCUT2D eigenvalue weighted by molar-refractivity contribution is 5.90. The van der Waals surface area contributed by atoms with Crippen LogP contribution in [0.15, 0.2) is 110 Å². The number of aromatic nitrogens is 1. The summed E-state index contributed by atoms with van der Waals surface area (Å²) in [5.74, 6) is 0.768. The van der Waals surface area contributed by atoms with Crippen LogP contribution < -0.4 is 0 Å². The molecule has 3 saturated heterocycles. The summed E-state index contributed by atoms with van der Waals surface area (Å²) in [4.78, 5) is 18.1. The van der Waals surface area contributed by atoms with Crippen LogP contribution >= 0.6 is 0 Å². The van der Waals surface area contributed by atoms with Crippen molar-refractivity contribution < 1.29 is 14.0 Å². The minimum Gasteiger partial charge on any atom is -0.447 e. The van der Waals surface area contributed by atoms with Crippen LogP contribution in [0, 0.1) is 11.8 Å². The molecule has 3 aliphatic rings. The van der Waals surface area contributed by atoms with Gasteiger partial charge in [-0.2, -0.15) is 0 Å². The topological polar surface area (TPSA) is 39.2 Å². The molecule has 0 spiro atoms. The van der Waals surface area contributed by atoms with E-state index in [0.717, 1.165) is 47.0 Å². The van der Waals surface area contributed by atoms with Gasteiger partial charge in [0, 0.05) is 41.5 Å². The highest BCUT2D eigenvalue weighted by atomic mass is 16.5. The Labute approximate surface area is 218 Å². The van der Waals surface area contributed by atoms with E-state index in [1.165, 1.54) is 12.0 Å². The Bertz CT molecular complexity index is 1400. The first-order chi connectivity index (χ1) is 18.2. The second-order valence-corrected chi connectivity index (χ2v) is 10.6. The van der Waals surface area contributed by atoms with Crippen molar-refractivity contribution in [1.82, 2.24) is 4.98 Å². The summed E-state index contributed by atoms with van der Waals surface area (Å²) in [6.07, 6.45) is 5.82. The number of hydrogen-bond donors (Lipinski definition) is 0. The lowest BCUT2D eigenvalue weighted by molar-refractivity contribution is -0.984. The SMILES string of the molecule is C=C[C@H]1C[N+]2(Cc3ccccc3)CC[C@H]1C[C@@H]2[C@@H](OC(=O)c1ccccc1)c1ccnc2ccccc12. The van der Waals surface area contributed by atoms with E-state index in [1.807, 2.05) is 54.7 Å². The van der Waals surface area contributed by atoms with Gasteiger partial charge in [-0.15, -0.1) is 6.58 Å². The average molecular weight is 490 g/mol. The number of benzene rings is 3. The zero-order chi connectivity index (χ0) is 25.2. The third-order valence-corrected chi connectivity index (χ3v) is 8.60. The maximum Gasteiger partial charge on any atom is 0.338 e. The summed E-state index contributed by atoms with van der Waals surface area (Å²) in [7, 11) is 0. The quantitative estimate of drug-likeness (QED) is 0.164. The molecule has 0 N–H and O–H groups in total. The summed E-state index contributed by atoms with van der Waals surface area (Å²) < 4.78 is 7.45. The number of esters is 1. The first kappa shape index (κ1) is 23.6. The molecule has 0 saturated carbocycles. The minimum atomic E-state index is -0.377. The summed E-state index contributed by atoms with van der Waals surface area (Å²) in [5, 5.41) is 1.05. The molecule has 4 heterocycles. The summed E-state index contributed by atoms with van der Waals surface area (Å²) >= 11 is 0. The lowest BCUT2D eigenvalue weighted by atomic mass is 9.71. The molecule has 4 heteroatoms. The van der Waals surface area contributed by atoms with E-state index in [9.17, 15) is 4.79 Å². The van der Waals surface area contributed by atoms with Crippen LogP contribution in [-0.2, 0) is 11.3 Å². The fourth-order valence-corrected chi connectivity index (χ4v) is 6.78. The molecule has 7 rings (SSSR count). The van der Waals surface area contributed by atoms with E-state index in [0.29, 0.717) is 17.4 Å². The summed E-state index contributed by atoms with van der Waals surface area (Å²) in [6.45, 7) is 7.22. The Kier molecular flexibility index (Phi) is 6.35. The average Bonchev–Trinajstić information content (AvgIpc) is 2.96. The summed E-state index contributed by atoms with van der Waals surface area (Å²) in [6, 6.07) is 30.5. The van der Waals surface area contributed by atoms with Gasteiger partial charge >= 0.3 is 5.97 Å². The fraction of sp³-hybridized carbons (Fsp3) is 0.273. The zero-order valence-corrected chi connectivity index (χ0v) is 21.1. The van der Waals surface area contributed by atoms with Crippen LogP contribution in [0.2, 0.25) is 0 Å². The molecular formula is C33H33N2O2+. The van der Waals surface area contributed by atoms with E-state index in [4.69, 9.17) is 4.74 Å². The number of fused-ring (bicyclic) bond motifs is 4. The zero-order valence-electron chi connectivity index (χ0n) is 21.1. The van der Waals surface area contributed by atoms with E-state index in [1.54, 1.807) is 0 Å². The molecule has 4 nitrogen and oxygen atoms in total. The Hall–Kier alpha value is -3.76. The predicted octanol–water partition coefficient (Wildman–Crippen LogP) is 6.74. The van der Waals surface area contributed by atoms with E-state index < -0.39 is 0 Å². The van der Waals surface area contributed by atoms with Crippen molar-refractivity contribution in [3.8, 4) is 0 Å². The number of piperidine rings is 3. The van der Waals surface area contributed by atoms with Crippen molar-refractivity contribution in [2.45, 2.75) is 31.5 Å². The molecular weight excluding hydrogens is 456 g/mol. The van der Waals surface area contributed by atoms with Crippen molar-refractivity contribution in [1.29, 1.82) is 0 Å². The Morgan fingerprint density at radius 3 is 2.51 bits per heavy atom. The van der Waals surface area contributed by atoms with Gasteiger partial charge in [0.05, 0.1) is 24.2 Å². The number of para-hydroxylation sites is 1. The van der Waals surface area contributed by atoms with Gasteiger partial charge in [-0.25, -0.2) is 4.79 Å². The third kappa shape index (κ3) is 4.47. The lowest BCUT2D eigenvalue weighted by Crippen LogP contribution is -2.67. The number of hydrogen-bond acceptors (Lipinski definition) is 3. The molecule has 5 atom stereocenters. The van der Waals surface area contributed by atoms with Gasteiger partial charge in [-0.1, -0.05) is 72.8 Å². The smallest absolute Gasteiger partial charge is 0.338 e. The molecule has 4 aromatic rings. The fourth-order valence-electron chi connectivity index (χ4n) is 6.78. The van der Waals surface area contributed by atoms with Gasteiger partial charge < -0.3 is 9.22 Å². The highest BCUT2D eigenvalue weighted by Gasteiger charge is 2.55. The molecule has 0 radical (unpaired) electrons. The number of ether oxygens (including phenoxy) is 1. The number of quaternary nitrogens is 1. The minimum absolute atomic E-state index is 0.147. The van der Waals surface area contributed by atoms with Gasteiger partial charge in [0.1, 0.15) is 12.6 Å². The van der Waals surface area contributed by atoms with Gasteiger partial charge in [-0.3, -0.25) is 4.98 Å². The van der Waals surface area contributed by atoms with Crippen LogP contribution in [0.3, 0.4) is 0 Å². The maximum atomic E-state index is 13.5. The Balaban J connectivity index is 1.47. The Morgan fingerprint density at radius 1 is 1.00 bits per heavy atom. The van der Waals surface area contributed by atoms with Gasteiger partial charge in [0.25, 0.3) is 0 Å². The second kappa shape index (κ2) is 9.95. The number of rotatable bonds is 7. The number of nitrogens with zero attached hydrogens (tertiary/aromatic N) is 2. The number of pyridine rings is 1. The van der Waals surface area contributed by atoms with Crippen molar-refractivity contribution in [2.24, 2.45) is 11.8 Å². The van der Waals surface area contributed by atoms with E-state index in [-0.39, 0.29) is 18.1 Å². The number of carbonyl (C=O) groups is 1. The van der Waals surface area contributed by atoms with Crippen LogP contribution in [0.4, 0.5) is 0 Å². The van der Waals surface area contributed by atoms with Crippen molar-refractivity contribution in [3.05, 3.63) is 127 Å². The molecule has 0 amide bonds. The van der Waals surface area contributed by atoms with E-state index in [2.05, 4.69) is 60.1 Å². The largest absolute Gasteiger partial charge is 0.447 e. The van der Waals surface area contributed by atoms with Crippen LogP contribution in [0.25, 0.3) is 10.9 Å². The normalized spacial score (nSPS) is 25.5. The van der Waals surface area contributed by atoms with Crippen LogP contribution in [0.1, 0.15) is 40.4 Å². The van der Waals surface area contributed by atoms with Gasteiger partial charge in [0.2, 0.25) is 0 Å². The molecule has 3 aromatic carbocycles. The Morgan fingerprint density at radius 2 is 1.73 bits per heavy atom. The molecule has 1 unspecified atom stereocenters. The van der Waals surface area contributed by atoms with Crippen LogP contribution in [0.5, 0.6) is 0 Å². The van der Waals surface area contributed by atoms with Crippen molar-refractivity contribution >= 4 is 16.9 Å². The second-order valence-electron chi connectivity index (χ2n) is 10.6. The number of carbonyl (C=O) groups excluding carboxylic acids is 1.